The van der Waals surface area contributed by atoms with Gasteiger partial charge in [-0.25, -0.2) is 4.79 Å². The zero-order valence-corrected chi connectivity index (χ0v) is 12.4. The molecule has 1 aliphatic rings. The second kappa shape index (κ2) is 6.74. The summed E-state index contributed by atoms with van der Waals surface area (Å²) < 4.78 is 0. The molecule has 0 aromatic carbocycles. The first-order valence-corrected chi connectivity index (χ1v) is 7.71. The fourth-order valence-electron chi connectivity index (χ4n) is 2.52. The van der Waals surface area contributed by atoms with Crippen LogP contribution in [0.2, 0.25) is 0 Å². The van der Waals surface area contributed by atoms with Crippen molar-refractivity contribution in [2.75, 3.05) is 13.1 Å². The number of nitrogens with zero attached hydrogens (tertiary/aromatic N) is 1. The van der Waals surface area contributed by atoms with Crippen LogP contribution in [-0.4, -0.2) is 35.1 Å². The van der Waals surface area contributed by atoms with Crippen molar-refractivity contribution in [3.63, 3.8) is 0 Å². The summed E-state index contributed by atoms with van der Waals surface area (Å²) in [6, 6.07) is 1.95. The van der Waals surface area contributed by atoms with Gasteiger partial charge in [0.15, 0.2) is 0 Å². The summed E-state index contributed by atoms with van der Waals surface area (Å²) in [5.74, 6) is -0.707. The number of aryl methyl sites for hydroxylation is 1. The Morgan fingerprint density at radius 3 is 3.00 bits per heavy atom. The summed E-state index contributed by atoms with van der Waals surface area (Å²) >= 11 is 1.64. The average molecular weight is 296 g/mol. The number of carboxylic acid groups (broad SMARTS) is 1. The molecular weight excluding hydrogens is 276 g/mol. The molecule has 1 aromatic rings. The molecule has 1 fully saturated rings. The normalized spacial score (nSPS) is 18.9. The van der Waals surface area contributed by atoms with Crippen LogP contribution in [0.15, 0.2) is 11.4 Å². The molecule has 0 spiro atoms. The maximum absolute atomic E-state index is 12.1. The van der Waals surface area contributed by atoms with Crippen LogP contribution in [0.25, 0.3) is 0 Å². The maximum Gasteiger partial charge on any atom is 0.317 e. The Morgan fingerprint density at radius 2 is 2.35 bits per heavy atom. The van der Waals surface area contributed by atoms with E-state index >= 15 is 0 Å². The number of piperidine rings is 1. The number of hydrogen-bond donors (Lipinski definition) is 2. The zero-order valence-electron chi connectivity index (χ0n) is 11.6. The van der Waals surface area contributed by atoms with Crippen LogP contribution < -0.4 is 5.32 Å². The molecule has 1 atom stereocenters. The molecule has 2 heterocycles. The van der Waals surface area contributed by atoms with Gasteiger partial charge in [0.05, 0.1) is 6.54 Å². The number of carboxylic acids is 1. The van der Waals surface area contributed by atoms with Crippen LogP contribution >= 0.6 is 11.3 Å². The van der Waals surface area contributed by atoms with Gasteiger partial charge in [0.2, 0.25) is 0 Å². The predicted octanol–water partition coefficient (Wildman–Crippen LogP) is 2.45. The SMILES string of the molecule is Cc1ccsc1CNC(=O)N1CCCC(CC(=O)O)C1. The number of carbonyl (C=O) groups is 2. The minimum Gasteiger partial charge on any atom is -0.481 e. The highest BCUT2D eigenvalue weighted by Gasteiger charge is 2.25. The highest BCUT2D eigenvalue weighted by Crippen LogP contribution is 2.20. The van der Waals surface area contributed by atoms with Crippen LogP contribution in [0.3, 0.4) is 0 Å². The van der Waals surface area contributed by atoms with E-state index in [4.69, 9.17) is 5.11 Å². The third-order valence-electron chi connectivity index (χ3n) is 3.64. The summed E-state index contributed by atoms with van der Waals surface area (Å²) in [7, 11) is 0. The van der Waals surface area contributed by atoms with Crippen molar-refractivity contribution in [1.29, 1.82) is 0 Å². The van der Waals surface area contributed by atoms with E-state index in [2.05, 4.69) is 5.32 Å². The van der Waals surface area contributed by atoms with E-state index < -0.39 is 5.97 Å². The van der Waals surface area contributed by atoms with Crippen molar-refractivity contribution in [3.8, 4) is 0 Å². The quantitative estimate of drug-likeness (QED) is 0.896. The Labute approximate surface area is 122 Å². The van der Waals surface area contributed by atoms with E-state index in [1.807, 2.05) is 18.4 Å². The van der Waals surface area contributed by atoms with Crippen LogP contribution in [0.4, 0.5) is 4.79 Å². The number of rotatable bonds is 4. The lowest BCUT2D eigenvalue weighted by Gasteiger charge is -2.32. The minimum atomic E-state index is -0.786. The van der Waals surface area contributed by atoms with Gasteiger partial charge in [-0.05, 0) is 42.7 Å². The van der Waals surface area contributed by atoms with Gasteiger partial charge in [-0.3, -0.25) is 4.79 Å². The van der Waals surface area contributed by atoms with Crippen molar-refractivity contribution < 1.29 is 14.7 Å². The third kappa shape index (κ3) is 3.96. The van der Waals surface area contributed by atoms with Gasteiger partial charge in [0.25, 0.3) is 0 Å². The van der Waals surface area contributed by atoms with Gasteiger partial charge in [-0.1, -0.05) is 0 Å². The molecular formula is C14H20N2O3S. The summed E-state index contributed by atoms with van der Waals surface area (Å²) in [5, 5.41) is 13.8. The Kier molecular flexibility index (Phi) is 5.00. The molecule has 1 aliphatic heterocycles. The molecule has 20 heavy (non-hydrogen) atoms. The molecule has 110 valence electrons. The number of carbonyl (C=O) groups excluding carboxylic acids is 1. The molecule has 1 aromatic heterocycles. The monoisotopic (exact) mass is 296 g/mol. The highest BCUT2D eigenvalue weighted by atomic mass is 32.1. The molecule has 0 saturated carbocycles. The molecule has 5 nitrogen and oxygen atoms in total. The van der Waals surface area contributed by atoms with Gasteiger partial charge in [-0.2, -0.15) is 0 Å². The summed E-state index contributed by atoms with van der Waals surface area (Å²) in [6.45, 7) is 3.83. The zero-order chi connectivity index (χ0) is 14.5. The lowest BCUT2D eigenvalue weighted by atomic mass is 9.95. The number of thiophene rings is 1. The van der Waals surface area contributed by atoms with E-state index in [1.54, 1.807) is 16.2 Å². The second-order valence-electron chi connectivity index (χ2n) is 5.24. The smallest absolute Gasteiger partial charge is 0.317 e. The first kappa shape index (κ1) is 14.8. The molecule has 6 heteroatoms. The Hall–Kier alpha value is -1.56. The van der Waals surface area contributed by atoms with Gasteiger partial charge >= 0.3 is 12.0 Å². The van der Waals surface area contributed by atoms with Crippen molar-refractivity contribution in [2.24, 2.45) is 5.92 Å². The third-order valence-corrected chi connectivity index (χ3v) is 4.66. The minimum absolute atomic E-state index is 0.0791. The Morgan fingerprint density at radius 1 is 1.55 bits per heavy atom. The Balaban J connectivity index is 1.82. The van der Waals surface area contributed by atoms with Crippen LogP contribution in [0.1, 0.15) is 29.7 Å². The van der Waals surface area contributed by atoms with Crippen molar-refractivity contribution in [3.05, 3.63) is 21.9 Å². The van der Waals surface area contributed by atoms with Gasteiger partial charge in [0.1, 0.15) is 0 Å². The largest absolute Gasteiger partial charge is 0.481 e. The molecule has 2 amide bonds. The summed E-state index contributed by atoms with van der Waals surface area (Å²) in [4.78, 5) is 25.8. The number of aliphatic carboxylic acids is 1. The first-order valence-electron chi connectivity index (χ1n) is 6.84. The molecule has 2 rings (SSSR count). The standard InChI is InChI=1S/C14H20N2O3S/c1-10-4-6-20-12(10)8-15-14(19)16-5-2-3-11(9-16)7-13(17)18/h4,6,11H,2-3,5,7-9H2,1H3,(H,15,19)(H,17,18). The van der Waals surface area contributed by atoms with E-state index in [-0.39, 0.29) is 18.4 Å². The van der Waals surface area contributed by atoms with E-state index in [0.717, 1.165) is 17.7 Å². The lowest BCUT2D eigenvalue weighted by molar-refractivity contribution is -0.138. The summed E-state index contributed by atoms with van der Waals surface area (Å²) in [6.07, 6.45) is 1.91. The molecule has 0 bridgehead atoms. The second-order valence-corrected chi connectivity index (χ2v) is 6.24. The number of nitrogens with one attached hydrogen (secondary N) is 1. The lowest BCUT2D eigenvalue weighted by Crippen LogP contribution is -2.45. The molecule has 1 saturated heterocycles. The maximum atomic E-state index is 12.1. The van der Waals surface area contributed by atoms with Gasteiger partial charge in [0, 0.05) is 24.4 Å². The number of hydrogen-bond acceptors (Lipinski definition) is 3. The number of likely N-dealkylation sites (tertiary alicyclic amines) is 1. The number of amides is 2. The van der Waals surface area contributed by atoms with Crippen molar-refractivity contribution in [2.45, 2.75) is 32.7 Å². The van der Waals surface area contributed by atoms with E-state index in [1.165, 1.54) is 5.56 Å². The topological polar surface area (TPSA) is 69.6 Å². The molecule has 0 radical (unpaired) electrons. The molecule has 1 unspecified atom stereocenters. The van der Waals surface area contributed by atoms with Crippen molar-refractivity contribution >= 4 is 23.3 Å². The van der Waals surface area contributed by atoms with E-state index in [0.29, 0.717) is 19.6 Å². The van der Waals surface area contributed by atoms with Crippen LogP contribution in [0.5, 0.6) is 0 Å². The van der Waals surface area contributed by atoms with E-state index in [9.17, 15) is 9.59 Å². The fraction of sp³-hybridized carbons (Fsp3) is 0.571. The fourth-order valence-corrected chi connectivity index (χ4v) is 3.36. The molecule has 0 aliphatic carbocycles. The van der Waals surface area contributed by atoms with Crippen LogP contribution in [0, 0.1) is 12.8 Å². The average Bonchev–Trinajstić information content (AvgIpc) is 2.81. The highest BCUT2D eigenvalue weighted by molar-refractivity contribution is 7.10. The first-order chi connectivity index (χ1) is 9.56. The van der Waals surface area contributed by atoms with Gasteiger partial charge < -0.3 is 15.3 Å². The predicted molar refractivity (Wildman–Crippen MR) is 77.8 cm³/mol. The Bertz CT molecular complexity index is 487. The molecule has 2 N–H and O–H groups in total. The van der Waals surface area contributed by atoms with Gasteiger partial charge in [-0.15, -0.1) is 11.3 Å². The number of urea groups is 1. The van der Waals surface area contributed by atoms with Crippen LogP contribution in [-0.2, 0) is 11.3 Å². The summed E-state index contributed by atoms with van der Waals surface area (Å²) in [5.41, 5.74) is 1.19. The van der Waals surface area contributed by atoms with Crippen molar-refractivity contribution in [1.82, 2.24) is 10.2 Å².